The topological polar surface area (TPSA) is 50.5 Å². The van der Waals surface area contributed by atoms with Crippen LogP contribution in [0.1, 0.15) is 30.0 Å². The number of hydrogen-bond donors (Lipinski definition) is 1. The molecule has 0 bridgehead atoms. The van der Waals surface area contributed by atoms with Gasteiger partial charge in [-0.3, -0.25) is 9.58 Å². The van der Waals surface area contributed by atoms with Gasteiger partial charge in [-0.05, 0) is 54.9 Å². The highest BCUT2D eigenvalue weighted by atomic mass is 16.5. The van der Waals surface area contributed by atoms with Gasteiger partial charge in [-0.1, -0.05) is 12.1 Å². The summed E-state index contributed by atoms with van der Waals surface area (Å²) in [6.07, 6.45) is 5.53. The second-order valence-electron chi connectivity index (χ2n) is 7.67. The van der Waals surface area contributed by atoms with Gasteiger partial charge in [0.2, 0.25) is 0 Å². The number of aromatic nitrogens is 2. The van der Waals surface area contributed by atoms with Crippen LogP contribution in [0.2, 0.25) is 0 Å². The summed E-state index contributed by atoms with van der Waals surface area (Å²) in [6.45, 7) is 5.17. The molecule has 0 radical (unpaired) electrons. The minimum atomic E-state index is -0.294. The Labute approximate surface area is 149 Å². The third-order valence-corrected chi connectivity index (χ3v) is 5.80. The molecule has 2 heterocycles. The predicted molar refractivity (Wildman–Crippen MR) is 96.5 cm³/mol. The Morgan fingerprint density at radius 3 is 2.76 bits per heavy atom. The van der Waals surface area contributed by atoms with E-state index in [0.29, 0.717) is 11.8 Å². The zero-order chi connectivity index (χ0) is 17.4. The van der Waals surface area contributed by atoms with Crippen LogP contribution in [-0.2, 0) is 6.54 Å². The predicted octanol–water partition coefficient (Wildman–Crippen LogP) is 2.64. The highest BCUT2D eigenvalue weighted by Crippen LogP contribution is 2.41. The fraction of sp³-hybridized carbons (Fsp3) is 0.550. The van der Waals surface area contributed by atoms with Gasteiger partial charge >= 0.3 is 0 Å². The van der Waals surface area contributed by atoms with Gasteiger partial charge in [0, 0.05) is 25.8 Å². The number of likely N-dealkylation sites (tertiary alicyclic amines) is 1. The summed E-state index contributed by atoms with van der Waals surface area (Å²) in [5.74, 6) is 2.15. The van der Waals surface area contributed by atoms with E-state index in [9.17, 15) is 5.11 Å². The van der Waals surface area contributed by atoms with Gasteiger partial charge in [0.15, 0.2) is 0 Å². The lowest BCUT2D eigenvalue weighted by Crippen LogP contribution is -2.36. The molecule has 5 nitrogen and oxygen atoms in total. The van der Waals surface area contributed by atoms with Crippen LogP contribution in [0.4, 0.5) is 0 Å². The van der Waals surface area contributed by atoms with Crippen molar-refractivity contribution in [3.8, 4) is 5.75 Å². The number of rotatable bonds is 4. The second-order valence-corrected chi connectivity index (χ2v) is 7.67. The first kappa shape index (κ1) is 16.6. The number of aryl methyl sites for hydroxylation is 1. The molecule has 2 aliphatic rings. The fourth-order valence-electron chi connectivity index (χ4n) is 4.56. The highest BCUT2D eigenvalue weighted by Gasteiger charge is 2.42. The molecule has 0 amide bonds. The molecule has 2 aromatic rings. The highest BCUT2D eigenvalue weighted by molar-refractivity contribution is 5.28. The summed E-state index contributed by atoms with van der Waals surface area (Å²) in [5, 5.41) is 15.1. The Bertz CT molecular complexity index is 729. The summed E-state index contributed by atoms with van der Waals surface area (Å²) in [5.41, 5.74) is 2.44. The molecule has 134 valence electrons. The first-order valence-corrected chi connectivity index (χ1v) is 9.16. The summed E-state index contributed by atoms with van der Waals surface area (Å²) >= 11 is 0. The van der Waals surface area contributed by atoms with Crippen molar-refractivity contribution in [1.29, 1.82) is 0 Å². The minimum absolute atomic E-state index is 0.117. The largest absolute Gasteiger partial charge is 0.497 e. The maximum absolute atomic E-state index is 10.6. The van der Waals surface area contributed by atoms with E-state index in [0.717, 1.165) is 43.8 Å². The zero-order valence-electron chi connectivity index (χ0n) is 15.0. The molecule has 1 saturated carbocycles. The Hall–Kier alpha value is -1.85. The number of aliphatic hydroxyl groups excluding tert-OH is 1. The molecule has 1 aromatic heterocycles. The molecule has 2 fully saturated rings. The fourth-order valence-corrected chi connectivity index (χ4v) is 4.56. The molecule has 4 rings (SSSR count). The number of nitrogens with zero attached hydrogens (tertiary/aromatic N) is 3. The lowest BCUT2D eigenvalue weighted by molar-refractivity contribution is 0.0306. The standard InChI is InChI=1S/C20H27N3O2/c1-14-9-21-23(10-14)19-7-16-12-22(13-17(16)8-20(19)24)11-15-4-3-5-18(6-15)25-2/h3-6,9-10,16-17,19-20,24H,7-8,11-13H2,1-2H3/t16-,17+,19-,20-/m0/s1. The van der Waals surface area contributed by atoms with Gasteiger partial charge < -0.3 is 9.84 Å². The Kier molecular flexibility index (Phi) is 4.52. The molecule has 5 heteroatoms. The van der Waals surface area contributed by atoms with Crippen LogP contribution in [0.15, 0.2) is 36.7 Å². The van der Waals surface area contributed by atoms with E-state index in [1.54, 1.807) is 7.11 Å². The van der Waals surface area contributed by atoms with Crippen LogP contribution >= 0.6 is 0 Å². The average molecular weight is 341 g/mol. The van der Waals surface area contributed by atoms with Crippen molar-refractivity contribution >= 4 is 0 Å². The SMILES string of the molecule is COc1cccc(CN2C[C@H]3C[C@H](O)[C@@H](n4cc(C)cn4)C[C@H]3C2)c1. The average Bonchev–Trinajstić information content (AvgIpc) is 3.19. The Morgan fingerprint density at radius 1 is 1.24 bits per heavy atom. The third kappa shape index (κ3) is 3.44. The maximum atomic E-state index is 10.6. The van der Waals surface area contributed by atoms with Crippen molar-refractivity contribution in [2.24, 2.45) is 11.8 Å². The number of aliphatic hydroxyl groups is 1. The van der Waals surface area contributed by atoms with Crippen LogP contribution in [-0.4, -0.2) is 46.1 Å². The van der Waals surface area contributed by atoms with Crippen molar-refractivity contribution in [3.05, 3.63) is 47.8 Å². The Morgan fingerprint density at radius 2 is 2.04 bits per heavy atom. The van der Waals surface area contributed by atoms with Gasteiger partial charge in [0.1, 0.15) is 5.75 Å². The van der Waals surface area contributed by atoms with Crippen LogP contribution in [0.3, 0.4) is 0 Å². The molecule has 1 N–H and O–H groups in total. The van der Waals surface area contributed by atoms with Gasteiger partial charge in [0.25, 0.3) is 0 Å². The summed E-state index contributed by atoms with van der Waals surface area (Å²) < 4.78 is 7.30. The molecule has 4 atom stereocenters. The van der Waals surface area contributed by atoms with Crippen molar-refractivity contribution < 1.29 is 9.84 Å². The lowest BCUT2D eigenvalue weighted by atomic mass is 9.77. The molecule has 25 heavy (non-hydrogen) atoms. The van der Waals surface area contributed by atoms with Gasteiger partial charge in [-0.15, -0.1) is 0 Å². The molecule has 1 aliphatic heterocycles. The first-order chi connectivity index (χ1) is 12.1. The third-order valence-electron chi connectivity index (χ3n) is 5.80. The quantitative estimate of drug-likeness (QED) is 0.929. The van der Waals surface area contributed by atoms with E-state index in [-0.39, 0.29) is 12.1 Å². The Balaban J connectivity index is 1.42. The number of hydrogen-bond acceptors (Lipinski definition) is 4. The minimum Gasteiger partial charge on any atom is -0.497 e. The van der Waals surface area contributed by atoms with Crippen LogP contribution in [0.5, 0.6) is 5.75 Å². The van der Waals surface area contributed by atoms with E-state index in [4.69, 9.17) is 4.74 Å². The summed E-state index contributed by atoms with van der Waals surface area (Å²) in [6, 6.07) is 8.44. The van der Waals surface area contributed by atoms with Crippen molar-refractivity contribution in [1.82, 2.24) is 14.7 Å². The molecule has 0 unspecified atom stereocenters. The number of methoxy groups -OCH3 is 1. The van der Waals surface area contributed by atoms with E-state index >= 15 is 0 Å². The van der Waals surface area contributed by atoms with Gasteiger partial charge in [-0.2, -0.15) is 5.10 Å². The maximum Gasteiger partial charge on any atom is 0.119 e. The molecular formula is C20H27N3O2. The van der Waals surface area contributed by atoms with E-state index in [1.165, 1.54) is 5.56 Å². The molecule has 1 aromatic carbocycles. The molecule has 0 spiro atoms. The van der Waals surface area contributed by atoms with Gasteiger partial charge in [0.05, 0.1) is 25.5 Å². The van der Waals surface area contributed by atoms with Gasteiger partial charge in [-0.25, -0.2) is 0 Å². The van der Waals surface area contributed by atoms with E-state index in [2.05, 4.69) is 34.4 Å². The zero-order valence-corrected chi connectivity index (χ0v) is 15.0. The summed E-state index contributed by atoms with van der Waals surface area (Å²) in [7, 11) is 1.71. The van der Waals surface area contributed by atoms with E-state index < -0.39 is 0 Å². The monoisotopic (exact) mass is 341 g/mol. The smallest absolute Gasteiger partial charge is 0.119 e. The van der Waals surface area contributed by atoms with Crippen LogP contribution < -0.4 is 4.74 Å². The normalized spacial score (nSPS) is 29.6. The molecular weight excluding hydrogens is 314 g/mol. The second kappa shape index (κ2) is 6.81. The van der Waals surface area contributed by atoms with Crippen LogP contribution in [0.25, 0.3) is 0 Å². The number of ether oxygens (including phenoxy) is 1. The molecule has 1 saturated heterocycles. The number of fused-ring (bicyclic) bond motifs is 1. The first-order valence-electron chi connectivity index (χ1n) is 9.16. The van der Waals surface area contributed by atoms with Crippen LogP contribution in [0, 0.1) is 18.8 Å². The van der Waals surface area contributed by atoms with Crippen molar-refractivity contribution in [2.75, 3.05) is 20.2 Å². The summed E-state index contributed by atoms with van der Waals surface area (Å²) in [4.78, 5) is 2.52. The van der Waals surface area contributed by atoms with Crippen molar-refractivity contribution in [2.45, 2.75) is 38.5 Å². The van der Waals surface area contributed by atoms with E-state index in [1.807, 2.05) is 23.9 Å². The molecule has 1 aliphatic carbocycles. The van der Waals surface area contributed by atoms with Crippen molar-refractivity contribution in [3.63, 3.8) is 0 Å². The number of benzene rings is 1. The lowest BCUT2D eigenvalue weighted by Gasteiger charge is -2.35.